The summed E-state index contributed by atoms with van der Waals surface area (Å²) < 4.78 is 0. The maximum Gasteiger partial charge on any atom is 0.328 e. The molecule has 1 fully saturated rings. The number of nitrogen functional groups attached to an aromatic ring is 1. The smallest absolute Gasteiger partial charge is 0.328 e. The highest BCUT2D eigenvalue weighted by atomic mass is 16.4. The fourth-order valence-corrected chi connectivity index (χ4v) is 3.12. The number of carboxylic acids is 1. The van der Waals surface area contributed by atoms with Gasteiger partial charge in [-0.05, 0) is 54.8 Å². The van der Waals surface area contributed by atoms with Gasteiger partial charge in [-0.2, -0.15) is 0 Å². The number of carbonyl (C=O) groups excluding carboxylic acids is 1. The van der Waals surface area contributed by atoms with Crippen molar-refractivity contribution in [1.82, 2.24) is 0 Å². The summed E-state index contributed by atoms with van der Waals surface area (Å²) in [5, 5.41) is 16.2. The standard InChI is InChI=1S/C20H22N4O3/c21-19(22)15-5-9-17(10-6-15)24-13-1-12-23(20(24)27)16-7-2-14(3-8-16)4-11-18(25)26/h2-3,5-10H,1,4,11-13H2,(H3,21,22)(H,25,26). The molecule has 4 N–H and O–H groups in total. The molecule has 0 aliphatic carbocycles. The molecule has 0 radical (unpaired) electrons. The number of rotatable bonds is 6. The van der Waals surface area contributed by atoms with Crippen LogP contribution in [-0.2, 0) is 11.2 Å². The number of aliphatic carboxylic acids is 1. The van der Waals surface area contributed by atoms with Crippen molar-refractivity contribution >= 4 is 29.2 Å². The Morgan fingerprint density at radius 2 is 1.52 bits per heavy atom. The SMILES string of the molecule is N=C(N)c1ccc(N2CCCN(c3ccc(CCC(=O)O)cc3)C2=O)cc1. The fourth-order valence-electron chi connectivity index (χ4n) is 3.12. The molecule has 3 rings (SSSR count). The summed E-state index contributed by atoms with van der Waals surface area (Å²) in [6.45, 7) is 1.26. The summed E-state index contributed by atoms with van der Waals surface area (Å²) in [5.74, 6) is -0.826. The predicted octanol–water partition coefficient (Wildman–Crippen LogP) is 2.82. The Morgan fingerprint density at radius 3 is 2.00 bits per heavy atom. The molecular weight excluding hydrogens is 344 g/mol. The van der Waals surface area contributed by atoms with Crippen LogP contribution in [0.25, 0.3) is 0 Å². The zero-order valence-corrected chi connectivity index (χ0v) is 14.9. The van der Waals surface area contributed by atoms with E-state index in [1.54, 1.807) is 34.1 Å². The topological polar surface area (TPSA) is 111 Å². The number of benzene rings is 2. The molecule has 2 amide bonds. The molecule has 0 unspecified atom stereocenters. The Balaban J connectivity index is 1.74. The number of nitrogens with one attached hydrogen (secondary N) is 1. The third-order valence-corrected chi connectivity index (χ3v) is 4.59. The number of carboxylic acid groups (broad SMARTS) is 1. The van der Waals surface area contributed by atoms with Gasteiger partial charge >= 0.3 is 12.0 Å². The first-order chi connectivity index (χ1) is 13.0. The Bertz CT molecular complexity index is 847. The van der Waals surface area contributed by atoms with Gasteiger partial charge in [-0.3, -0.25) is 20.0 Å². The molecule has 0 bridgehead atoms. The summed E-state index contributed by atoms with van der Waals surface area (Å²) >= 11 is 0. The minimum Gasteiger partial charge on any atom is -0.481 e. The van der Waals surface area contributed by atoms with Gasteiger partial charge in [0.25, 0.3) is 0 Å². The molecule has 0 saturated carbocycles. The van der Waals surface area contributed by atoms with E-state index in [2.05, 4.69) is 0 Å². The molecule has 140 valence electrons. The monoisotopic (exact) mass is 366 g/mol. The zero-order valence-electron chi connectivity index (χ0n) is 14.9. The number of hydrogen-bond acceptors (Lipinski definition) is 3. The van der Waals surface area contributed by atoms with E-state index in [9.17, 15) is 9.59 Å². The molecule has 1 aliphatic heterocycles. The van der Waals surface area contributed by atoms with Crippen molar-refractivity contribution in [3.8, 4) is 0 Å². The van der Waals surface area contributed by atoms with Crippen LogP contribution in [0.2, 0.25) is 0 Å². The number of amidine groups is 1. The number of urea groups is 1. The lowest BCUT2D eigenvalue weighted by Crippen LogP contribution is -2.49. The van der Waals surface area contributed by atoms with Crippen molar-refractivity contribution in [3.05, 3.63) is 59.7 Å². The first kappa shape index (κ1) is 18.4. The second-order valence-electron chi connectivity index (χ2n) is 6.46. The second-order valence-corrected chi connectivity index (χ2v) is 6.46. The maximum absolute atomic E-state index is 13.0. The molecule has 0 spiro atoms. The average molecular weight is 366 g/mol. The van der Waals surface area contributed by atoms with E-state index in [0.717, 1.165) is 23.4 Å². The Kier molecular flexibility index (Phi) is 5.40. The number of nitrogens with zero attached hydrogens (tertiary/aromatic N) is 2. The van der Waals surface area contributed by atoms with E-state index in [1.807, 2.05) is 24.3 Å². The number of aryl methyl sites for hydroxylation is 1. The molecule has 1 saturated heterocycles. The van der Waals surface area contributed by atoms with Gasteiger partial charge in [0, 0.05) is 36.4 Å². The molecule has 27 heavy (non-hydrogen) atoms. The van der Waals surface area contributed by atoms with Crippen molar-refractivity contribution in [2.45, 2.75) is 19.3 Å². The van der Waals surface area contributed by atoms with Gasteiger partial charge in [0.15, 0.2) is 0 Å². The van der Waals surface area contributed by atoms with Crippen molar-refractivity contribution < 1.29 is 14.7 Å². The average Bonchev–Trinajstić information content (AvgIpc) is 2.67. The quantitative estimate of drug-likeness (QED) is 0.539. The van der Waals surface area contributed by atoms with Crippen LogP contribution in [0.5, 0.6) is 0 Å². The van der Waals surface area contributed by atoms with E-state index >= 15 is 0 Å². The van der Waals surface area contributed by atoms with Gasteiger partial charge in [-0.25, -0.2) is 4.79 Å². The minimum absolute atomic E-state index is 0.00358. The number of hydrogen-bond donors (Lipinski definition) is 3. The van der Waals surface area contributed by atoms with Crippen molar-refractivity contribution in [2.75, 3.05) is 22.9 Å². The van der Waals surface area contributed by atoms with Crippen LogP contribution in [0.1, 0.15) is 24.0 Å². The van der Waals surface area contributed by atoms with Crippen molar-refractivity contribution in [1.29, 1.82) is 5.41 Å². The molecular formula is C20H22N4O3. The van der Waals surface area contributed by atoms with E-state index in [-0.39, 0.29) is 18.3 Å². The van der Waals surface area contributed by atoms with Gasteiger partial charge in [0.05, 0.1) is 0 Å². The fraction of sp³-hybridized carbons (Fsp3) is 0.250. The van der Waals surface area contributed by atoms with Gasteiger partial charge < -0.3 is 10.8 Å². The molecule has 2 aromatic carbocycles. The number of nitrogens with two attached hydrogens (primary N) is 1. The molecule has 1 heterocycles. The Morgan fingerprint density at radius 1 is 1.00 bits per heavy atom. The second kappa shape index (κ2) is 7.90. The first-order valence-electron chi connectivity index (χ1n) is 8.80. The molecule has 1 aliphatic rings. The highest BCUT2D eigenvalue weighted by molar-refractivity contribution is 6.04. The number of amides is 2. The summed E-state index contributed by atoms with van der Waals surface area (Å²) in [5.41, 5.74) is 8.60. The zero-order chi connectivity index (χ0) is 19.4. The Hall–Kier alpha value is -3.35. The van der Waals surface area contributed by atoms with Gasteiger partial charge in [0.2, 0.25) is 0 Å². The molecule has 0 atom stereocenters. The largest absolute Gasteiger partial charge is 0.481 e. The predicted molar refractivity (Wildman–Crippen MR) is 105 cm³/mol. The highest BCUT2D eigenvalue weighted by Gasteiger charge is 2.27. The van der Waals surface area contributed by atoms with Gasteiger partial charge in [0.1, 0.15) is 5.84 Å². The van der Waals surface area contributed by atoms with Crippen LogP contribution >= 0.6 is 0 Å². The maximum atomic E-state index is 13.0. The highest BCUT2D eigenvalue weighted by Crippen LogP contribution is 2.25. The third-order valence-electron chi connectivity index (χ3n) is 4.59. The summed E-state index contributed by atoms with van der Waals surface area (Å²) in [7, 11) is 0. The van der Waals surface area contributed by atoms with Gasteiger partial charge in [-0.15, -0.1) is 0 Å². The van der Waals surface area contributed by atoms with E-state index in [0.29, 0.717) is 25.1 Å². The van der Waals surface area contributed by atoms with E-state index in [4.69, 9.17) is 16.2 Å². The van der Waals surface area contributed by atoms with Crippen LogP contribution in [0, 0.1) is 5.41 Å². The van der Waals surface area contributed by atoms with Gasteiger partial charge in [-0.1, -0.05) is 12.1 Å². The third kappa shape index (κ3) is 4.25. The molecule has 0 aromatic heterocycles. The lowest BCUT2D eigenvalue weighted by molar-refractivity contribution is -0.136. The molecule has 7 nitrogen and oxygen atoms in total. The first-order valence-corrected chi connectivity index (χ1v) is 8.80. The van der Waals surface area contributed by atoms with Crippen LogP contribution in [-0.4, -0.2) is 36.0 Å². The van der Waals surface area contributed by atoms with Crippen LogP contribution in [0.4, 0.5) is 16.2 Å². The number of carbonyl (C=O) groups is 2. The number of anilines is 2. The normalized spacial score (nSPS) is 14.3. The van der Waals surface area contributed by atoms with Crippen LogP contribution < -0.4 is 15.5 Å². The van der Waals surface area contributed by atoms with Crippen molar-refractivity contribution in [3.63, 3.8) is 0 Å². The van der Waals surface area contributed by atoms with E-state index in [1.165, 1.54) is 0 Å². The molecule has 2 aromatic rings. The lowest BCUT2D eigenvalue weighted by Gasteiger charge is -2.35. The summed E-state index contributed by atoms with van der Waals surface area (Å²) in [4.78, 5) is 27.1. The van der Waals surface area contributed by atoms with Crippen LogP contribution in [0.3, 0.4) is 0 Å². The minimum atomic E-state index is -0.822. The van der Waals surface area contributed by atoms with Crippen LogP contribution in [0.15, 0.2) is 48.5 Å². The van der Waals surface area contributed by atoms with E-state index < -0.39 is 5.97 Å². The van der Waals surface area contributed by atoms with Crippen molar-refractivity contribution in [2.24, 2.45) is 5.73 Å². The summed E-state index contributed by atoms with van der Waals surface area (Å²) in [6.07, 6.45) is 1.39. The Labute approximate surface area is 157 Å². The lowest BCUT2D eigenvalue weighted by atomic mass is 10.1. The molecule has 7 heteroatoms. The summed E-state index contributed by atoms with van der Waals surface area (Å²) in [6, 6.07) is 14.4.